The average molecular weight is 371 g/mol. The highest BCUT2D eigenvalue weighted by Crippen LogP contribution is 2.29. The van der Waals surface area contributed by atoms with Gasteiger partial charge in [-0.2, -0.15) is 0 Å². The van der Waals surface area contributed by atoms with Crippen molar-refractivity contribution < 1.29 is 9.59 Å². The number of hydrogen-bond donors (Lipinski definition) is 1. The first-order chi connectivity index (χ1) is 12.3. The number of nitrogens with one attached hydrogen (secondary N) is 1. The zero-order chi connectivity index (χ0) is 18.9. The minimum atomic E-state index is -0.512. The molecule has 1 atom stereocenters. The Morgan fingerprint density at radius 1 is 1.15 bits per heavy atom. The summed E-state index contributed by atoms with van der Waals surface area (Å²) in [5, 5.41) is 3.57. The van der Waals surface area contributed by atoms with E-state index in [0.717, 1.165) is 11.3 Å². The Morgan fingerprint density at radius 3 is 2.50 bits per heavy atom. The van der Waals surface area contributed by atoms with Crippen LogP contribution in [-0.2, 0) is 15.0 Å². The van der Waals surface area contributed by atoms with E-state index >= 15 is 0 Å². The van der Waals surface area contributed by atoms with Gasteiger partial charge in [0.05, 0.1) is 0 Å². The zero-order valence-corrected chi connectivity index (χ0v) is 16.0. The molecule has 1 N–H and O–H groups in total. The molecule has 26 heavy (non-hydrogen) atoms. The number of carbonyl (C=O) groups is 2. The molecule has 2 aromatic carbocycles. The van der Waals surface area contributed by atoms with Crippen LogP contribution in [0.4, 0.5) is 11.4 Å². The molecule has 2 amide bonds. The second kappa shape index (κ2) is 7.12. The topological polar surface area (TPSA) is 49.4 Å². The van der Waals surface area contributed by atoms with E-state index in [1.165, 1.54) is 0 Å². The van der Waals surface area contributed by atoms with Crippen LogP contribution in [-0.4, -0.2) is 17.9 Å². The first kappa shape index (κ1) is 18.5. The molecule has 1 heterocycles. The molecule has 0 saturated carbocycles. The minimum Gasteiger partial charge on any atom is -0.324 e. The SMILES string of the molecule is CC(C)(C)c1cccc(NC(=O)[C@@H]2CCC(=O)N2c2ccc(Cl)cc2)c1. The Morgan fingerprint density at radius 2 is 1.85 bits per heavy atom. The number of nitrogens with zero attached hydrogens (tertiary/aromatic N) is 1. The van der Waals surface area contributed by atoms with Crippen molar-refractivity contribution in [2.45, 2.75) is 45.1 Å². The van der Waals surface area contributed by atoms with E-state index in [2.05, 4.69) is 32.2 Å². The lowest BCUT2D eigenvalue weighted by molar-refractivity contribution is -0.120. The molecule has 5 heteroatoms. The van der Waals surface area contributed by atoms with Gasteiger partial charge in [0.25, 0.3) is 0 Å². The van der Waals surface area contributed by atoms with Crippen LogP contribution in [0.25, 0.3) is 0 Å². The largest absolute Gasteiger partial charge is 0.324 e. The number of halogens is 1. The van der Waals surface area contributed by atoms with Gasteiger partial charge >= 0.3 is 0 Å². The number of amides is 2. The maximum absolute atomic E-state index is 12.8. The Hall–Kier alpha value is -2.33. The van der Waals surface area contributed by atoms with Gasteiger partial charge in [-0.05, 0) is 53.8 Å². The number of anilines is 2. The quantitative estimate of drug-likeness (QED) is 0.845. The molecule has 0 unspecified atom stereocenters. The molecule has 1 fully saturated rings. The first-order valence-corrected chi connectivity index (χ1v) is 9.12. The van der Waals surface area contributed by atoms with Crippen LogP contribution >= 0.6 is 11.6 Å². The third-order valence-electron chi connectivity index (χ3n) is 4.62. The zero-order valence-electron chi connectivity index (χ0n) is 15.3. The van der Waals surface area contributed by atoms with E-state index in [9.17, 15) is 9.59 Å². The molecule has 1 aliphatic rings. The van der Waals surface area contributed by atoms with Crippen molar-refractivity contribution in [2.75, 3.05) is 10.2 Å². The summed E-state index contributed by atoms with van der Waals surface area (Å²) in [7, 11) is 0. The predicted molar refractivity (Wildman–Crippen MR) is 106 cm³/mol. The van der Waals surface area contributed by atoms with Crippen LogP contribution in [0.15, 0.2) is 48.5 Å². The van der Waals surface area contributed by atoms with Crippen LogP contribution in [0.1, 0.15) is 39.2 Å². The highest BCUT2D eigenvalue weighted by molar-refractivity contribution is 6.30. The maximum Gasteiger partial charge on any atom is 0.247 e. The van der Waals surface area contributed by atoms with E-state index in [1.807, 2.05) is 18.2 Å². The van der Waals surface area contributed by atoms with Crippen LogP contribution in [0, 0.1) is 0 Å². The first-order valence-electron chi connectivity index (χ1n) is 8.75. The number of benzene rings is 2. The number of rotatable bonds is 3. The molecular weight excluding hydrogens is 348 g/mol. The molecule has 0 bridgehead atoms. The van der Waals surface area contributed by atoms with E-state index in [1.54, 1.807) is 29.2 Å². The van der Waals surface area contributed by atoms with Crippen molar-refractivity contribution in [3.63, 3.8) is 0 Å². The van der Waals surface area contributed by atoms with Crippen LogP contribution < -0.4 is 10.2 Å². The molecule has 4 nitrogen and oxygen atoms in total. The van der Waals surface area contributed by atoms with Crippen LogP contribution in [0.5, 0.6) is 0 Å². The minimum absolute atomic E-state index is 0.000591. The number of carbonyl (C=O) groups excluding carboxylic acids is 2. The monoisotopic (exact) mass is 370 g/mol. The summed E-state index contributed by atoms with van der Waals surface area (Å²) in [6.07, 6.45) is 0.870. The average Bonchev–Trinajstić information content (AvgIpc) is 2.97. The second-order valence-electron chi connectivity index (χ2n) is 7.61. The lowest BCUT2D eigenvalue weighted by Crippen LogP contribution is -2.41. The lowest BCUT2D eigenvalue weighted by Gasteiger charge is -2.25. The highest BCUT2D eigenvalue weighted by atomic mass is 35.5. The van der Waals surface area contributed by atoms with Gasteiger partial charge in [0.1, 0.15) is 6.04 Å². The van der Waals surface area contributed by atoms with Crippen molar-refractivity contribution in [3.05, 3.63) is 59.1 Å². The van der Waals surface area contributed by atoms with E-state index in [4.69, 9.17) is 11.6 Å². The van der Waals surface area contributed by atoms with Crippen molar-refractivity contribution in [1.29, 1.82) is 0 Å². The van der Waals surface area contributed by atoms with Gasteiger partial charge in [-0.3, -0.25) is 14.5 Å². The van der Waals surface area contributed by atoms with Crippen molar-refractivity contribution in [1.82, 2.24) is 0 Å². The van der Waals surface area contributed by atoms with E-state index < -0.39 is 6.04 Å². The van der Waals surface area contributed by atoms with Gasteiger partial charge in [-0.1, -0.05) is 44.5 Å². The van der Waals surface area contributed by atoms with Crippen LogP contribution in [0.2, 0.25) is 5.02 Å². The fourth-order valence-electron chi connectivity index (χ4n) is 3.15. The van der Waals surface area contributed by atoms with Gasteiger partial charge in [-0.25, -0.2) is 0 Å². The lowest BCUT2D eigenvalue weighted by atomic mass is 9.87. The fraction of sp³-hybridized carbons (Fsp3) is 0.333. The maximum atomic E-state index is 12.8. The smallest absolute Gasteiger partial charge is 0.247 e. The van der Waals surface area contributed by atoms with Gasteiger partial charge < -0.3 is 5.32 Å². The molecule has 3 rings (SSSR count). The standard InChI is InChI=1S/C21H23ClN2O2/c1-21(2,3)14-5-4-6-16(13-14)23-20(26)18-11-12-19(25)24(18)17-9-7-15(22)8-10-17/h4-10,13,18H,11-12H2,1-3H3,(H,23,26)/t18-/m0/s1. The molecule has 1 aliphatic heterocycles. The summed E-state index contributed by atoms with van der Waals surface area (Å²) in [5.74, 6) is -0.215. The van der Waals surface area contributed by atoms with Crippen molar-refractivity contribution in [2.24, 2.45) is 0 Å². The highest BCUT2D eigenvalue weighted by Gasteiger charge is 2.37. The van der Waals surface area contributed by atoms with Gasteiger partial charge in [-0.15, -0.1) is 0 Å². The van der Waals surface area contributed by atoms with Gasteiger partial charge in [0.15, 0.2) is 0 Å². The van der Waals surface area contributed by atoms with Crippen molar-refractivity contribution >= 4 is 34.8 Å². The third-order valence-corrected chi connectivity index (χ3v) is 4.87. The molecule has 1 saturated heterocycles. The fourth-order valence-corrected chi connectivity index (χ4v) is 3.27. The number of hydrogen-bond acceptors (Lipinski definition) is 2. The summed E-state index contributed by atoms with van der Waals surface area (Å²) < 4.78 is 0. The normalized spacial score (nSPS) is 17.5. The second-order valence-corrected chi connectivity index (χ2v) is 8.05. The van der Waals surface area contributed by atoms with Gasteiger partial charge in [0.2, 0.25) is 11.8 Å². The van der Waals surface area contributed by atoms with Gasteiger partial charge in [0, 0.05) is 22.8 Å². The molecule has 0 aliphatic carbocycles. The summed E-state index contributed by atoms with van der Waals surface area (Å²) in [4.78, 5) is 26.7. The molecule has 0 spiro atoms. The summed E-state index contributed by atoms with van der Waals surface area (Å²) in [5.41, 5.74) is 2.59. The molecule has 0 aromatic heterocycles. The molecule has 2 aromatic rings. The summed E-state index contributed by atoms with van der Waals surface area (Å²) in [6, 6.07) is 14.3. The van der Waals surface area contributed by atoms with Crippen LogP contribution in [0.3, 0.4) is 0 Å². The third kappa shape index (κ3) is 3.91. The van der Waals surface area contributed by atoms with E-state index in [0.29, 0.717) is 23.6 Å². The Kier molecular flexibility index (Phi) is 5.05. The molecular formula is C21H23ClN2O2. The van der Waals surface area contributed by atoms with Crippen molar-refractivity contribution in [3.8, 4) is 0 Å². The Bertz CT molecular complexity index is 825. The predicted octanol–water partition coefficient (Wildman–Crippen LogP) is 4.77. The molecule has 136 valence electrons. The Balaban J connectivity index is 1.80. The van der Waals surface area contributed by atoms with E-state index in [-0.39, 0.29) is 17.2 Å². The summed E-state index contributed by atoms with van der Waals surface area (Å²) >= 11 is 5.93. The Labute approximate surface area is 159 Å². The molecule has 0 radical (unpaired) electrons. The summed E-state index contributed by atoms with van der Waals surface area (Å²) in [6.45, 7) is 6.39.